The van der Waals surface area contributed by atoms with Gasteiger partial charge in [-0.1, -0.05) is 6.07 Å². The van der Waals surface area contributed by atoms with E-state index in [4.69, 9.17) is 9.84 Å². The van der Waals surface area contributed by atoms with Crippen molar-refractivity contribution in [2.24, 2.45) is 0 Å². The van der Waals surface area contributed by atoms with Crippen LogP contribution in [0.25, 0.3) is 10.9 Å². The van der Waals surface area contributed by atoms with E-state index < -0.39 is 0 Å². The summed E-state index contributed by atoms with van der Waals surface area (Å²) in [7, 11) is 1.64. The SMILES string of the molecule is COCC(CO)NCc1ccc2[nH]ccc2c1. The van der Waals surface area contributed by atoms with Gasteiger partial charge in [-0.15, -0.1) is 0 Å². The summed E-state index contributed by atoms with van der Waals surface area (Å²) in [4.78, 5) is 3.16. The molecule has 0 aliphatic carbocycles. The number of fused-ring (bicyclic) bond motifs is 1. The largest absolute Gasteiger partial charge is 0.395 e. The average molecular weight is 234 g/mol. The second-order valence-corrected chi connectivity index (χ2v) is 4.12. The van der Waals surface area contributed by atoms with Gasteiger partial charge < -0.3 is 20.1 Å². The first kappa shape index (κ1) is 12.1. The molecule has 2 rings (SSSR count). The number of methoxy groups -OCH3 is 1. The molecule has 3 N–H and O–H groups in total. The van der Waals surface area contributed by atoms with Crippen molar-refractivity contribution in [3.05, 3.63) is 36.0 Å². The maximum absolute atomic E-state index is 9.13. The number of aliphatic hydroxyl groups is 1. The Hall–Kier alpha value is -1.36. The number of aromatic amines is 1. The third-order valence-corrected chi connectivity index (χ3v) is 2.80. The number of benzene rings is 1. The lowest BCUT2D eigenvalue weighted by molar-refractivity contribution is 0.128. The van der Waals surface area contributed by atoms with E-state index in [-0.39, 0.29) is 12.6 Å². The Morgan fingerprint density at radius 3 is 3.06 bits per heavy atom. The highest BCUT2D eigenvalue weighted by atomic mass is 16.5. The summed E-state index contributed by atoms with van der Waals surface area (Å²) in [5.41, 5.74) is 2.34. The summed E-state index contributed by atoms with van der Waals surface area (Å²) in [6.45, 7) is 1.33. The molecule has 4 heteroatoms. The molecule has 1 heterocycles. The molecule has 0 bridgehead atoms. The standard InChI is InChI=1S/C13H18N2O2/c1-17-9-12(8-16)15-7-10-2-3-13-11(6-10)4-5-14-13/h2-6,12,14-16H,7-9H2,1H3. The number of H-pyrrole nitrogens is 1. The zero-order valence-corrected chi connectivity index (χ0v) is 9.94. The first-order chi connectivity index (χ1) is 8.33. The predicted molar refractivity (Wildman–Crippen MR) is 67.9 cm³/mol. The van der Waals surface area contributed by atoms with Crippen LogP contribution in [0.3, 0.4) is 0 Å². The van der Waals surface area contributed by atoms with Crippen LogP contribution in [0.4, 0.5) is 0 Å². The average Bonchev–Trinajstić information content (AvgIpc) is 2.81. The lowest BCUT2D eigenvalue weighted by atomic mass is 10.1. The number of aromatic nitrogens is 1. The van der Waals surface area contributed by atoms with E-state index in [1.165, 1.54) is 10.9 Å². The smallest absolute Gasteiger partial charge is 0.0638 e. The molecular formula is C13H18N2O2. The van der Waals surface area contributed by atoms with Crippen LogP contribution >= 0.6 is 0 Å². The molecule has 0 amide bonds. The molecule has 2 aromatic rings. The third kappa shape index (κ3) is 3.06. The summed E-state index contributed by atoms with van der Waals surface area (Å²) < 4.78 is 5.01. The quantitative estimate of drug-likeness (QED) is 0.705. The van der Waals surface area contributed by atoms with Crippen molar-refractivity contribution in [2.75, 3.05) is 20.3 Å². The van der Waals surface area contributed by atoms with Gasteiger partial charge in [0.05, 0.1) is 19.3 Å². The van der Waals surface area contributed by atoms with Gasteiger partial charge in [0.2, 0.25) is 0 Å². The van der Waals surface area contributed by atoms with Gasteiger partial charge in [0, 0.05) is 25.4 Å². The van der Waals surface area contributed by atoms with Crippen molar-refractivity contribution in [2.45, 2.75) is 12.6 Å². The van der Waals surface area contributed by atoms with E-state index in [1.54, 1.807) is 7.11 Å². The summed E-state index contributed by atoms with van der Waals surface area (Å²) in [6, 6.07) is 8.32. The molecule has 1 unspecified atom stereocenters. The van der Waals surface area contributed by atoms with Crippen LogP contribution in [0.15, 0.2) is 30.5 Å². The van der Waals surface area contributed by atoms with Gasteiger partial charge in [-0.05, 0) is 29.1 Å². The van der Waals surface area contributed by atoms with Crippen molar-refractivity contribution >= 4 is 10.9 Å². The number of ether oxygens (including phenoxy) is 1. The van der Waals surface area contributed by atoms with E-state index in [9.17, 15) is 0 Å². The van der Waals surface area contributed by atoms with E-state index in [0.29, 0.717) is 6.61 Å². The van der Waals surface area contributed by atoms with Crippen molar-refractivity contribution in [3.8, 4) is 0 Å². The summed E-state index contributed by atoms with van der Waals surface area (Å²) in [5, 5.41) is 13.6. The van der Waals surface area contributed by atoms with Crippen LogP contribution in [0.5, 0.6) is 0 Å². The molecule has 0 saturated heterocycles. The Bertz CT molecular complexity index is 467. The zero-order valence-electron chi connectivity index (χ0n) is 9.94. The lowest BCUT2D eigenvalue weighted by Crippen LogP contribution is -2.35. The normalized spacial score (nSPS) is 13.1. The number of aliphatic hydroxyl groups excluding tert-OH is 1. The number of nitrogens with one attached hydrogen (secondary N) is 2. The Balaban J connectivity index is 1.97. The molecule has 92 valence electrons. The molecule has 4 nitrogen and oxygen atoms in total. The number of rotatable bonds is 6. The molecule has 1 atom stereocenters. The molecule has 0 spiro atoms. The van der Waals surface area contributed by atoms with Gasteiger partial charge in [0.15, 0.2) is 0 Å². The molecule has 0 radical (unpaired) electrons. The highest BCUT2D eigenvalue weighted by Crippen LogP contribution is 2.14. The Kier molecular flexibility index (Phi) is 4.14. The minimum Gasteiger partial charge on any atom is -0.395 e. The van der Waals surface area contributed by atoms with Gasteiger partial charge in [-0.2, -0.15) is 0 Å². The molecule has 1 aromatic heterocycles. The van der Waals surface area contributed by atoms with Crippen LogP contribution in [0.1, 0.15) is 5.56 Å². The molecule has 0 aliphatic rings. The highest BCUT2D eigenvalue weighted by molar-refractivity contribution is 5.79. The first-order valence-corrected chi connectivity index (χ1v) is 5.72. The Labute approximate surface area is 101 Å². The fraction of sp³-hybridized carbons (Fsp3) is 0.385. The van der Waals surface area contributed by atoms with E-state index >= 15 is 0 Å². The van der Waals surface area contributed by atoms with E-state index in [1.807, 2.05) is 6.20 Å². The second kappa shape index (κ2) is 5.82. The van der Waals surface area contributed by atoms with Gasteiger partial charge >= 0.3 is 0 Å². The number of hydrogen-bond acceptors (Lipinski definition) is 3. The third-order valence-electron chi connectivity index (χ3n) is 2.80. The lowest BCUT2D eigenvalue weighted by Gasteiger charge is -2.15. The van der Waals surface area contributed by atoms with E-state index in [0.717, 1.165) is 12.1 Å². The molecule has 1 aromatic carbocycles. The number of hydrogen-bond donors (Lipinski definition) is 3. The molecule has 0 saturated carbocycles. The van der Waals surface area contributed by atoms with Crippen molar-refractivity contribution < 1.29 is 9.84 Å². The monoisotopic (exact) mass is 234 g/mol. The summed E-state index contributed by atoms with van der Waals surface area (Å²) in [6.07, 6.45) is 1.93. The van der Waals surface area contributed by atoms with Crippen molar-refractivity contribution in [3.63, 3.8) is 0 Å². The Morgan fingerprint density at radius 1 is 1.41 bits per heavy atom. The molecule has 0 aliphatic heterocycles. The highest BCUT2D eigenvalue weighted by Gasteiger charge is 2.06. The fourth-order valence-electron chi connectivity index (χ4n) is 1.85. The first-order valence-electron chi connectivity index (χ1n) is 5.72. The summed E-state index contributed by atoms with van der Waals surface area (Å²) in [5.74, 6) is 0. The Morgan fingerprint density at radius 2 is 2.29 bits per heavy atom. The van der Waals surface area contributed by atoms with Crippen LogP contribution in [-0.2, 0) is 11.3 Å². The van der Waals surface area contributed by atoms with Gasteiger partial charge in [-0.3, -0.25) is 0 Å². The fourth-order valence-corrected chi connectivity index (χ4v) is 1.85. The summed E-state index contributed by atoms with van der Waals surface area (Å²) >= 11 is 0. The van der Waals surface area contributed by atoms with Crippen molar-refractivity contribution in [1.29, 1.82) is 0 Å². The van der Waals surface area contributed by atoms with Gasteiger partial charge in [0.1, 0.15) is 0 Å². The maximum Gasteiger partial charge on any atom is 0.0638 e. The van der Waals surface area contributed by atoms with Crippen LogP contribution in [0.2, 0.25) is 0 Å². The predicted octanol–water partition coefficient (Wildman–Crippen LogP) is 1.26. The molecule has 17 heavy (non-hydrogen) atoms. The van der Waals surface area contributed by atoms with Gasteiger partial charge in [0.25, 0.3) is 0 Å². The molecular weight excluding hydrogens is 216 g/mol. The minimum absolute atomic E-state index is 0.0121. The topological polar surface area (TPSA) is 57.3 Å². The van der Waals surface area contributed by atoms with Crippen LogP contribution < -0.4 is 5.32 Å². The maximum atomic E-state index is 9.13. The molecule has 0 fully saturated rings. The van der Waals surface area contributed by atoms with Crippen LogP contribution in [0, 0.1) is 0 Å². The minimum atomic E-state index is -0.0121. The second-order valence-electron chi connectivity index (χ2n) is 4.12. The van der Waals surface area contributed by atoms with Crippen molar-refractivity contribution in [1.82, 2.24) is 10.3 Å². The van der Waals surface area contributed by atoms with E-state index in [2.05, 4.69) is 34.6 Å². The van der Waals surface area contributed by atoms with Gasteiger partial charge in [-0.25, -0.2) is 0 Å². The zero-order chi connectivity index (χ0) is 12.1. The van der Waals surface area contributed by atoms with Crippen LogP contribution in [-0.4, -0.2) is 36.5 Å².